The van der Waals surface area contributed by atoms with Crippen LogP contribution in [-0.4, -0.2) is 20.9 Å². The number of nitrogens with zero attached hydrogens (tertiary/aromatic N) is 2. The lowest BCUT2D eigenvalue weighted by molar-refractivity contribution is -0.144. The number of hydrogen-bond donors (Lipinski definition) is 3. The zero-order valence-corrected chi connectivity index (χ0v) is 12.5. The number of H-pyrrole nitrogens is 1. The Hall–Kier alpha value is -3.01. The molecule has 10 heteroatoms. The highest BCUT2D eigenvalue weighted by Crippen LogP contribution is 2.29. The van der Waals surface area contributed by atoms with E-state index < -0.39 is 23.7 Å². The van der Waals surface area contributed by atoms with Gasteiger partial charge in [0.2, 0.25) is 5.82 Å². The van der Waals surface area contributed by atoms with E-state index in [0.717, 1.165) is 18.5 Å². The van der Waals surface area contributed by atoms with E-state index in [2.05, 4.69) is 20.3 Å². The number of halogens is 4. The summed E-state index contributed by atoms with van der Waals surface area (Å²) in [7, 11) is 0. The molecule has 3 aromatic rings. The third kappa shape index (κ3) is 3.29. The van der Waals surface area contributed by atoms with Crippen molar-refractivity contribution in [3.05, 3.63) is 53.4 Å². The molecule has 0 saturated heterocycles. The van der Waals surface area contributed by atoms with Gasteiger partial charge in [0.25, 0.3) is 5.91 Å². The number of imidazole rings is 1. The Balaban J connectivity index is 1.94. The molecule has 4 N–H and O–H groups in total. The second kappa shape index (κ2) is 6.13. The summed E-state index contributed by atoms with van der Waals surface area (Å²) >= 11 is 0. The van der Waals surface area contributed by atoms with E-state index >= 15 is 0 Å². The molecule has 0 aliphatic rings. The Morgan fingerprint density at radius 3 is 2.68 bits per heavy atom. The molecule has 0 spiro atoms. The van der Waals surface area contributed by atoms with Crippen molar-refractivity contribution < 1.29 is 22.4 Å². The Bertz CT molecular complexity index is 951. The standard InChI is InChI=1S/C15H11F4N5O/c16-10-3-8(2-1-7(10)4-20)22-13(25)9-5-21-6-11-12(9)24-14(23-11)15(17,18)19/h1-3,5-6H,4,20H2,(H,22,25)(H,23,24). The van der Waals surface area contributed by atoms with Gasteiger partial charge in [0, 0.05) is 24.0 Å². The fourth-order valence-corrected chi connectivity index (χ4v) is 2.22. The van der Waals surface area contributed by atoms with Crippen molar-refractivity contribution in [1.29, 1.82) is 0 Å². The van der Waals surface area contributed by atoms with Gasteiger partial charge >= 0.3 is 6.18 Å². The Kier molecular flexibility index (Phi) is 4.13. The highest BCUT2D eigenvalue weighted by Gasteiger charge is 2.35. The molecule has 2 aromatic heterocycles. The van der Waals surface area contributed by atoms with Crippen LogP contribution in [0.1, 0.15) is 21.7 Å². The number of nitrogens with two attached hydrogens (primary N) is 1. The van der Waals surface area contributed by atoms with Gasteiger partial charge in [-0.05, 0) is 12.1 Å². The summed E-state index contributed by atoms with van der Waals surface area (Å²) < 4.78 is 52.0. The lowest BCUT2D eigenvalue weighted by atomic mass is 10.1. The molecule has 1 aromatic carbocycles. The third-order valence-corrected chi connectivity index (χ3v) is 3.44. The van der Waals surface area contributed by atoms with Gasteiger partial charge in [-0.1, -0.05) is 6.07 Å². The molecule has 0 aliphatic heterocycles. The van der Waals surface area contributed by atoms with Crippen LogP contribution in [0.25, 0.3) is 11.0 Å². The van der Waals surface area contributed by atoms with Gasteiger partial charge < -0.3 is 16.0 Å². The van der Waals surface area contributed by atoms with E-state index in [1.165, 1.54) is 12.1 Å². The van der Waals surface area contributed by atoms with E-state index in [1.807, 2.05) is 0 Å². The average molecular weight is 353 g/mol. The number of nitrogens with one attached hydrogen (secondary N) is 2. The van der Waals surface area contributed by atoms with E-state index in [4.69, 9.17) is 5.73 Å². The fourth-order valence-electron chi connectivity index (χ4n) is 2.22. The minimum Gasteiger partial charge on any atom is -0.333 e. The molecular weight excluding hydrogens is 342 g/mol. The number of amides is 1. The van der Waals surface area contributed by atoms with E-state index in [1.54, 1.807) is 0 Å². The first kappa shape index (κ1) is 16.8. The quantitative estimate of drug-likeness (QED) is 0.631. The molecule has 0 radical (unpaired) electrons. The van der Waals surface area contributed by atoms with Crippen LogP contribution in [0.4, 0.5) is 23.2 Å². The highest BCUT2D eigenvalue weighted by atomic mass is 19.4. The maximum atomic E-state index is 13.7. The van der Waals surface area contributed by atoms with Crippen LogP contribution in [0, 0.1) is 5.82 Å². The van der Waals surface area contributed by atoms with Crippen LogP contribution in [-0.2, 0) is 12.7 Å². The number of fused-ring (bicyclic) bond motifs is 1. The zero-order chi connectivity index (χ0) is 18.2. The summed E-state index contributed by atoms with van der Waals surface area (Å²) in [6.45, 7) is -0.00320. The number of alkyl halides is 3. The third-order valence-electron chi connectivity index (χ3n) is 3.44. The van der Waals surface area contributed by atoms with Crippen molar-refractivity contribution in [2.45, 2.75) is 12.7 Å². The molecular formula is C15H11F4N5O. The van der Waals surface area contributed by atoms with Crippen LogP contribution in [0.3, 0.4) is 0 Å². The van der Waals surface area contributed by atoms with Crippen molar-refractivity contribution in [3.8, 4) is 0 Å². The molecule has 130 valence electrons. The van der Waals surface area contributed by atoms with Crippen molar-refractivity contribution in [3.63, 3.8) is 0 Å². The van der Waals surface area contributed by atoms with Gasteiger partial charge in [-0.15, -0.1) is 0 Å². The normalized spacial score (nSPS) is 11.7. The number of carbonyl (C=O) groups is 1. The monoisotopic (exact) mass is 353 g/mol. The minimum atomic E-state index is -4.69. The lowest BCUT2D eigenvalue weighted by Gasteiger charge is -2.07. The van der Waals surface area contributed by atoms with Gasteiger partial charge in [-0.3, -0.25) is 9.78 Å². The minimum absolute atomic E-state index is 0.00320. The Morgan fingerprint density at radius 2 is 2.04 bits per heavy atom. The first-order chi connectivity index (χ1) is 11.8. The molecule has 3 rings (SSSR count). The van der Waals surface area contributed by atoms with Crippen LogP contribution in [0.5, 0.6) is 0 Å². The molecule has 0 aliphatic carbocycles. The molecule has 25 heavy (non-hydrogen) atoms. The second-order valence-electron chi connectivity index (χ2n) is 5.13. The van der Waals surface area contributed by atoms with Crippen molar-refractivity contribution >= 4 is 22.6 Å². The first-order valence-corrected chi connectivity index (χ1v) is 7.00. The number of benzene rings is 1. The number of aromatic nitrogens is 3. The summed E-state index contributed by atoms with van der Waals surface area (Å²) in [5.41, 5.74) is 5.36. The van der Waals surface area contributed by atoms with E-state index in [-0.39, 0.29) is 34.4 Å². The molecule has 2 heterocycles. The highest BCUT2D eigenvalue weighted by molar-refractivity contribution is 6.11. The smallest absolute Gasteiger partial charge is 0.333 e. The summed E-state index contributed by atoms with van der Waals surface area (Å²) in [5.74, 6) is -2.60. The lowest BCUT2D eigenvalue weighted by Crippen LogP contribution is -2.13. The second-order valence-corrected chi connectivity index (χ2v) is 5.13. The SMILES string of the molecule is NCc1ccc(NC(=O)c2cncc3[nH]c(C(F)(F)F)nc23)cc1F. The molecule has 1 amide bonds. The number of anilines is 1. The molecule has 0 saturated carbocycles. The molecule has 6 nitrogen and oxygen atoms in total. The van der Waals surface area contributed by atoms with E-state index in [0.29, 0.717) is 0 Å². The van der Waals surface area contributed by atoms with Gasteiger partial charge in [0.05, 0.1) is 17.3 Å². The van der Waals surface area contributed by atoms with Crippen LogP contribution < -0.4 is 11.1 Å². The van der Waals surface area contributed by atoms with Gasteiger partial charge in [0.15, 0.2) is 0 Å². The van der Waals surface area contributed by atoms with Crippen molar-refractivity contribution in [2.24, 2.45) is 5.73 Å². The predicted molar refractivity (Wildman–Crippen MR) is 81.1 cm³/mol. The predicted octanol–water partition coefficient (Wildman–Crippen LogP) is 2.83. The van der Waals surface area contributed by atoms with Crippen LogP contribution in [0.2, 0.25) is 0 Å². The fraction of sp³-hybridized carbons (Fsp3) is 0.133. The van der Waals surface area contributed by atoms with Crippen LogP contribution in [0.15, 0.2) is 30.6 Å². The average Bonchev–Trinajstić information content (AvgIpc) is 2.99. The summed E-state index contributed by atoms with van der Waals surface area (Å²) in [5, 5.41) is 2.40. The maximum Gasteiger partial charge on any atom is 0.449 e. The summed E-state index contributed by atoms with van der Waals surface area (Å²) in [6.07, 6.45) is -2.47. The summed E-state index contributed by atoms with van der Waals surface area (Å²) in [6, 6.07) is 3.90. The number of aromatic amines is 1. The largest absolute Gasteiger partial charge is 0.449 e. The number of rotatable bonds is 3. The molecule has 0 atom stereocenters. The maximum absolute atomic E-state index is 13.7. The summed E-state index contributed by atoms with van der Waals surface area (Å²) in [4.78, 5) is 21.5. The van der Waals surface area contributed by atoms with Gasteiger partial charge in [-0.2, -0.15) is 13.2 Å². The Labute approximate surface area is 138 Å². The number of hydrogen-bond acceptors (Lipinski definition) is 4. The first-order valence-electron chi connectivity index (χ1n) is 7.00. The topological polar surface area (TPSA) is 96.7 Å². The number of carbonyl (C=O) groups excluding carboxylic acids is 1. The zero-order valence-electron chi connectivity index (χ0n) is 12.5. The van der Waals surface area contributed by atoms with Gasteiger partial charge in [-0.25, -0.2) is 9.37 Å². The van der Waals surface area contributed by atoms with Crippen molar-refractivity contribution in [1.82, 2.24) is 15.0 Å². The number of pyridine rings is 1. The van der Waals surface area contributed by atoms with Gasteiger partial charge in [0.1, 0.15) is 11.3 Å². The van der Waals surface area contributed by atoms with Crippen molar-refractivity contribution in [2.75, 3.05) is 5.32 Å². The molecule has 0 bridgehead atoms. The Morgan fingerprint density at radius 1 is 1.28 bits per heavy atom. The molecule has 0 fully saturated rings. The molecule has 0 unspecified atom stereocenters. The van der Waals surface area contributed by atoms with Crippen LogP contribution >= 0.6 is 0 Å². The van der Waals surface area contributed by atoms with E-state index in [9.17, 15) is 22.4 Å².